The second kappa shape index (κ2) is 11.1. The van der Waals surface area contributed by atoms with Crippen LogP contribution in [-0.4, -0.2) is 34.8 Å². The first kappa shape index (κ1) is 23.0. The van der Waals surface area contributed by atoms with E-state index in [9.17, 15) is 4.79 Å². The molecule has 31 heavy (non-hydrogen) atoms. The lowest BCUT2D eigenvalue weighted by Crippen LogP contribution is -2.40. The number of hydrogen-bond donors (Lipinski definition) is 2. The van der Waals surface area contributed by atoms with Gasteiger partial charge in [-0.1, -0.05) is 30.3 Å². The van der Waals surface area contributed by atoms with Crippen LogP contribution in [0.3, 0.4) is 0 Å². The summed E-state index contributed by atoms with van der Waals surface area (Å²) in [5.74, 6) is 0. The summed E-state index contributed by atoms with van der Waals surface area (Å²) in [6.45, 7) is 9.34. The second-order valence-corrected chi connectivity index (χ2v) is 8.16. The molecule has 0 aliphatic carbocycles. The fourth-order valence-corrected chi connectivity index (χ4v) is 3.71. The summed E-state index contributed by atoms with van der Waals surface area (Å²) in [5, 5.41) is 4.99. The van der Waals surface area contributed by atoms with Gasteiger partial charge >= 0.3 is 0 Å². The van der Waals surface area contributed by atoms with E-state index in [1.807, 2.05) is 42.2 Å². The summed E-state index contributed by atoms with van der Waals surface area (Å²) < 4.78 is 5.40. The van der Waals surface area contributed by atoms with Crippen molar-refractivity contribution in [3.8, 4) is 0 Å². The Morgan fingerprint density at radius 1 is 1.10 bits per heavy atom. The standard InChI is InChI=1S/C25H31N3O2S/c1-4-30-12-8-11-26-25(31)28(16-20-9-6-5-7-10-20)17-22-15-21-13-18(2)19(3)14-23(21)27-24(22)29/h5-7,9-10,13-15H,4,8,11-12,16-17H2,1-3H3,(H,26,31)(H,27,29). The number of H-pyrrole nitrogens is 1. The molecular formula is C25H31N3O2S. The van der Waals surface area contributed by atoms with E-state index in [1.165, 1.54) is 11.1 Å². The highest BCUT2D eigenvalue weighted by Gasteiger charge is 2.14. The lowest BCUT2D eigenvalue weighted by molar-refractivity contribution is 0.145. The Hall–Kier alpha value is -2.70. The molecule has 2 N–H and O–H groups in total. The summed E-state index contributed by atoms with van der Waals surface area (Å²) in [7, 11) is 0. The van der Waals surface area contributed by atoms with Gasteiger partial charge in [0.15, 0.2) is 5.11 Å². The maximum atomic E-state index is 12.8. The molecule has 0 saturated heterocycles. The Balaban J connectivity index is 1.81. The van der Waals surface area contributed by atoms with Crippen molar-refractivity contribution in [1.82, 2.24) is 15.2 Å². The number of hydrogen-bond acceptors (Lipinski definition) is 3. The molecule has 0 saturated carbocycles. The van der Waals surface area contributed by atoms with Crippen LogP contribution >= 0.6 is 12.2 Å². The van der Waals surface area contributed by atoms with Crippen molar-refractivity contribution in [3.05, 3.63) is 81.1 Å². The van der Waals surface area contributed by atoms with E-state index >= 15 is 0 Å². The highest BCUT2D eigenvalue weighted by atomic mass is 32.1. The van der Waals surface area contributed by atoms with Crippen molar-refractivity contribution in [2.24, 2.45) is 0 Å². The van der Waals surface area contributed by atoms with Crippen molar-refractivity contribution >= 4 is 28.2 Å². The van der Waals surface area contributed by atoms with Crippen molar-refractivity contribution in [2.45, 2.75) is 40.3 Å². The number of benzene rings is 2. The van der Waals surface area contributed by atoms with Gasteiger partial charge in [-0.2, -0.15) is 0 Å². The number of fused-ring (bicyclic) bond motifs is 1. The molecule has 3 aromatic rings. The fourth-order valence-electron chi connectivity index (χ4n) is 3.47. The molecule has 0 aliphatic heterocycles. The first-order valence-corrected chi connectivity index (χ1v) is 11.2. The first-order chi connectivity index (χ1) is 15.0. The van der Waals surface area contributed by atoms with Gasteiger partial charge < -0.3 is 19.9 Å². The van der Waals surface area contributed by atoms with Gasteiger partial charge in [-0.25, -0.2) is 0 Å². The van der Waals surface area contributed by atoms with Gasteiger partial charge in [-0.15, -0.1) is 0 Å². The van der Waals surface area contributed by atoms with Gasteiger partial charge in [0.05, 0.1) is 6.54 Å². The number of aromatic amines is 1. The highest BCUT2D eigenvalue weighted by Crippen LogP contribution is 2.18. The summed E-state index contributed by atoms with van der Waals surface area (Å²) in [6, 6.07) is 16.3. The molecule has 0 fully saturated rings. The molecule has 164 valence electrons. The smallest absolute Gasteiger partial charge is 0.253 e. The van der Waals surface area contributed by atoms with E-state index in [0.717, 1.165) is 29.4 Å². The minimum absolute atomic E-state index is 0.0760. The van der Waals surface area contributed by atoms with Crippen LogP contribution in [-0.2, 0) is 17.8 Å². The van der Waals surface area contributed by atoms with E-state index < -0.39 is 0 Å². The molecule has 6 heteroatoms. The van der Waals surface area contributed by atoms with Crippen LogP contribution in [0, 0.1) is 13.8 Å². The van der Waals surface area contributed by atoms with Crippen LogP contribution in [0.2, 0.25) is 0 Å². The van der Waals surface area contributed by atoms with Gasteiger partial charge in [-0.05, 0) is 79.7 Å². The van der Waals surface area contributed by atoms with Gasteiger partial charge in [0.1, 0.15) is 0 Å². The van der Waals surface area contributed by atoms with Crippen LogP contribution in [0.4, 0.5) is 0 Å². The lowest BCUT2D eigenvalue weighted by Gasteiger charge is -2.26. The lowest BCUT2D eigenvalue weighted by atomic mass is 10.0. The van der Waals surface area contributed by atoms with E-state index in [2.05, 4.69) is 42.3 Å². The van der Waals surface area contributed by atoms with Crippen LogP contribution < -0.4 is 10.9 Å². The Bertz CT molecular complexity index is 1080. The zero-order chi connectivity index (χ0) is 22.2. The quantitative estimate of drug-likeness (QED) is 0.383. The van der Waals surface area contributed by atoms with Crippen LogP contribution in [0.15, 0.2) is 53.3 Å². The van der Waals surface area contributed by atoms with Crippen molar-refractivity contribution in [3.63, 3.8) is 0 Å². The fraction of sp³-hybridized carbons (Fsp3) is 0.360. The van der Waals surface area contributed by atoms with Crippen LogP contribution in [0.1, 0.15) is 35.6 Å². The average molecular weight is 438 g/mol. The maximum absolute atomic E-state index is 12.8. The Labute approximate surface area is 189 Å². The van der Waals surface area contributed by atoms with E-state index in [0.29, 0.717) is 37.0 Å². The Morgan fingerprint density at radius 3 is 2.58 bits per heavy atom. The number of pyridine rings is 1. The van der Waals surface area contributed by atoms with Crippen molar-refractivity contribution < 1.29 is 4.74 Å². The summed E-state index contributed by atoms with van der Waals surface area (Å²) in [5.41, 5.74) is 5.00. The van der Waals surface area contributed by atoms with Crippen molar-refractivity contribution in [1.29, 1.82) is 0 Å². The second-order valence-electron chi connectivity index (χ2n) is 7.77. The number of aromatic nitrogens is 1. The zero-order valence-electron chi connectivity index (χ0n) is 18.5. The molecule has 0 atom stereocenters. The Morgan fingerprint density at radius 2 is 1.84 bits per heavy atom. The topological polar surface area (TPSA) is 57.4 Å². The Kier molecular flexibility index (Phi) is 8.20. The molecule has 0 unspecified atom stereocenters. The zero-order valence-corrected chi connectivity index (χ0v) is 19.3. The summed E-state index contributed by atoms with van der Waals surface area (Å²) >= 11 is 5.69. The summed E-state index contributed by atoms with van der Waals surface area (Å²) in [4.78, 5) is 17.9. The highest BCUT2D eigenvalue weighted by molar-refractivity contribution is 7.80. The monoisotopic (exact) mass is 437 g/mol. The molecule has 0 radical (unpaired) electrons. The molecule has 5 nitrogen and oxygen atoms in total. The molecule has 0 amide bonds. The van der Waals surface area contributed by atoms with Gasteiger partial charge in [0.25, 0.3) is 5.56 Å². The molecule has 1 heterocycles. The summed E-state index contributed by atoms with van der Waals surface area (Å²) in [6.07, 6.45) is 0.877. The molecule has 2 aromatic carbocycles. The molecule has 1 aromatic heterocycles. The average Bonchev–Trinajstić information content (AvgIpc) is 2.75. The third-order valence-electron chi connectivity index (χ3n) is 5.35. The van der Waals surface area contributed by atoms with Crippen LogP contribution in [0.25, 0.3) is 10.9 Å². The number of rotatable bonds is 9. The molecule has 3 rings (SSSR count). The SMILES string of the molecule is CCOCCCNC(=S)N(Cc1ccccc1)Cc1cc2cc(C)c(C)cc2[nH]c1=O. The van der Waals surface area contributed by atoms with Gasteiger partial charge in [0, 0.05) is 37.4 Å². The number of nitrogens with zero attached hydrogens (tertiary/aromatic N) is 1. The number of ether oxygens (including phenoxy) is 1. The normalized spacial score (nSPS) is 10.9. The number of aryl methyl sites for hydroxylation is 2. The number of thiocarbonyl (C=S) groups is 1. The van der Waals surface area contributed by atoms with Crippen molar-refractivity contribution in [2.75, 3.05) is 19.8 Å². The predicted molar refractivity (Wildman–Crippen MR) is 131 cm³/mol. The maximum Gasteiger partial charge on any atom is 0.253 e. The number of nitrogens with one attached hydrogen (secondary N) is 2. The molecular weight excluding hydrogens is 406 g/mol. The van der Waals surface area contributed by atoms with E-state index in [1.54, 1.807) is 0 Å². The van der Waals surface area contributed by atoms with E-state index in [4.69, 9.17) is 17.0 Å². The first-order valence-electron chi connectivity index (χ1n) is 10.8. The largest absolute Gasteiger partial charge is 0.382 e. The van der Waals surface area contributed by atoms with Gasteiger partial charge in [-0.3, -0.25) is 4.79 Å². The predicted octanol–water partition coefficient (Wildman–Crippen LogP) is 4.45. The minimum atomic E-state index is -0.0760. The molecule has 0 aliphatic rings. The molecule has 0 bridgehead atoms. The third kappa shape index (κ3) is 6.39. The minimum Gasteiger partial charge on any atom is -0.382 e. The molecule has 0 spiro atoms. The van der Waals surface area contributed by atoms with E-state index in [-0.39, 0.29) is 5.56 Å². The van der Waals surface area contributed by atoms with Gasteiger partial charge in [0.2, 0.25) is 0 Å². The van der Waals surface area contributed by atoms with Crippen LogP contribution in [0.5, 0.6) is 0 Å². The third-order valence-corrected chi connectivity index (χ3v) is 5.75.